The van der Waals surface area contributed by atoms with Crippen molar-refractivity contribution in [1.82, 2.24) is 24.4 Å². The molecule has 2 saturated heterocycles. The van der Waals surface area contributed by atoms with Crippen LogP contribution in [0.25, 0.3) is 44.3 Å². The molecular formula is C34H26F3N5O4. The average Bonchev–Trinajstić information content (AvgIpc) is 3.71. The van der Waals surface area contributed by atoms with Gasteiger partial charge in [-0.25, -0.2) is 13.2 Å². The molecule has 3 aliphatic heterocycles. The van der Waals surface area contributed by atoms with Crippen molar-refractivity contribution >= 4 is 27.6 Å². The van der Waals surface area contributed by atoms with Gasteiger partial charge >= 0.3 is 12.0 Å². The monoisotopic (exact) mass is 625 g/mol. The number of nitrogens with zero attached hydrogens (tertiary/aromatic N) is 5. The van der Waals surface area contributed by atoms with E-state index in [2.05, 4.69) is 25.8 Å². The van der Waals surface area contributed by atoms with E-state index in [4.69, 9.17) is 15.9 Å². The summed E-state index contributed by atoms with van der Waals surface area (Å²) in [7, 11) is 0. The van der Waals surface area contributed by atoms with Crippen LogP contribution in [-0.4, -0.2) is 66.9 Å². The van der Waals surface area contributed by atoms with Gasteiger partial charge in [-0.1, -0.05) is 12.0 Å². The van der Waals surface area contributed by atoms with E-state index < -0.39 is 29.3 Å². The average molecular weight is 626 g/mol. The number of halogens is 3. The summed E-state index contributed by atoms with van der Waals surface area (Å²) in [6.45, 7) is 1.21. The van der Waals surface area contributed by atoms with Crippen molar-refractivity contribution in [1.29, 1.82) is 0 Å². The third kappa shape index (κ3) is 4.37. The number of esters is 1. The van der Waals surface area contributed by atoms with Gasteiger partial charge in [-0.15, -0.1) is 6.42 Å². The summed E-state index contributed by atoms with van der Waals surface area (Å²) in [4.78, 5) is 27.9. The molecule has 0 radical (unpaired) electrons. The number of hydrogen-bond donors (Lipinski definition) is 1. The quantitative estimate of drug-likeness (QED) is 0.208. The lowest BCUT2D eigenvalue weighted by Crippen LogP contribution is -2.43. The van der Waals surface area contributed by atoms with E-state index in [0.29, 0.717) is 24.0 Å². The van der Waals surface area contributed by atoms with Crippen LogP contribution >= 0.6 is 0 Å². The fraction of sp³-hybridized carbons (Fsp3) is 0.294. The van der Waals surface area contributed by atoms with Crippen LogP contribution in [0.1, 0.15) is 30.5 Å². The molecule has 6 heterocycles. The molecule has 5 aromatic rings. The minimum atomic E-state index is -0.968. The van der Waals surface area contributed by atoms with Gasteiger partial charge < -0.3 is 19.1 Å². The molecule has 0 amide bonds. The van der Waals surface area contributed by atoms with E-state index in [1.165, 1.54) is 30.5 Å². The number of cyclic esters (lactones) is 1. The first-order chi connectivity index (χ1) is 22.2. The van der Waals surface area contributed by atoms with E-state index in [1.807, 2.05) is 0 Å². The van der Waals surface area contributed by atoms with Crippen LogP contribution in [0, 0.1) is 24.0 Å². The summed E-state index contributed by atoms with van der Waals surface area (Å²) >= 11 is 0. The molecule has 12 heteroatoms. The molecule has 8 rings (SSSR count). The standard InChI is InChI=1S/C34H26F3N5O4/c1-2-22-25(36)6-4-18-10-21(43)11-23(28(18)22)31-29(37)32-24(13-38-31)30(26-7-5-20-16-45-27(44)15-42(20)26)39-33(40-32)46-17-34-8-3-9-41(34)14-19(35)12-34/h1,4-7,10-11,13,19,43H,3,8-9,12,14-17H2/t19-,34+/m1/s1. The summed E-state index contributed by atoms with van der Waals surface area (Å²) in [5.41, 5.74) is 0.600. The van der Waals surface area contributed by atoms with Crippen molar-refractivity contribution in [2.24, 2.45) is 0 Å². The van der Waals surface area contributed by atoms with Crippen molar-refractivity contribution in [2.45, 2.75) is 44.1 Å². The molecule has 0 spiro atoms. The zero-order chi connectivity index (χ0) is 31.7. The molecule has 9 nitrogen and oxygen atoms in total. The van der Waals surface area contributed by atoms with Crippen LogP contribution < -0.4 is 4.74 Å². The minimum absolute atomic E-state index is 0.0704. The smallest absolute Gasteiger partial charge is 0.326 e. The Kier molecular flexibility index (Phi) is 6.44. The first kappa shape index (κ1) is 28.3. The fourth-order valence-corrected chi connectivity index (χ4v) is 7.24. The van der Waals surface area contributed by atoms with Crippen molar-refractivity contribution in [2.75, 3.05) is 19.7 Å². The zero-order valence-electron chi connectivity index (χ0n) is 24.4. The second kappa shape index (κ2) is 10.5. The summed E-state index contributed by atoms with van der Waals surface area (Å²) in [5.74, 6) is 0.158. The summed E-state index contributed by atoms with van der Waals surface area (Å²) < 4.78 is 59.1. The summed E-state index contributed by atoms with van der Waals surface area (Å²) in [5, 5.41) is 11.3. The Morgan fingerprint density at radius 1 is 1.17 bits per heavy atom. The Balaban J connectivity index is 1.32. The van der Waals surface area contributed by atoms with Gasteiger partial charge in [0.2, 0.25) is 0 Å². The number of hydrogen-bond acceptors (Lipinski definition) is 8. The maximum absolute atomic E-state index is 16.8. The fourth-order valence-electron chi connectivity index (χ4n) is 7.24. The van der Waals surface area contributed by atoms with Gasteiger partial charge in [-0.05, 0) is 55.1 Å². The van der Waals surface area contributed by atoms with Crippen molar-refractivity contribution in [3.8, 4) is 46.7 Å². The predicted octanol–water partition coefficient (Wildman–Crippen LogP) is 5.29. The molecule has 2 aromatic carbocycles. The number of pyridine rings is 1. The molecule has 3 aliphatic rings. The lowest BCUT2D eigenvalue weighted by molar-refractivity contribution is -0.148. The number of phenolic OH excluding ortho intramolecular Hbond substituents is 1. The first-order valence-corrected chi connectivity index (χ1v) is 14.9. The highest BCUT2D eigenvalue weighted by molar-refractivity contribution is 6.03. The van der Waals surface area contributed by atoms with Gasteiger partial charge in [0.15, 0.2) is 5.82 Å². The lowest BCUT2D eigenvalue weighted by Gasteiger charge is -2.30. The van der Waals surface area contributed by atoms with E-state index in [1.54, 1.807) is 16.7 Å². The highest BCUT2D eigenvalue weighted by Gasteiger charge is 2.49. The Morgan fingerprint density at radius 3 is 2.89 bits per heavy atom. The summed E-state index contributed by atoms with van der Waals surface area (Å²) in [6, 6.07) is 8.71. The van der Waals surface area contributed by atoms with E-state index in [0.717, 1.165) is 25.1 Å². The molecule has 3 aromatic heterocycles. The molecule has 0 saturated carbocycles. The summed E-state index contributed by atoms with van der Waals surface area (Å²) in [6.07, 6.45) is 8.06. The van der Waals surface area contributed by atoms with Gasteiger partial charge in [0, 0.05) is 35.5 Å². The Bertz CT molecular complexity index is 2140. The number of aromatic nitrogens is 4. The van der Waals surface area contributed by atoms with Crippen LogP contribution in [0.2, 0.25) is 0 Å². The Hall–Kier alpha value is -5.15. The van der Waals surface area contributed by atoms with Crippen molar-refractivity contribution < 1.29 is 32.5 Å². The number of alkyl halides is 1. The normalized spacial score (nSPS) is 20.9. The van der Waals surface area contributed by atoms with Crippen LogP contribution in [0.15, 0.2) is 42.6 Å². The highest BCUT2D eigenvalue weighted by Crippen LogP contribution is 2.42. The van der Waals surface area contributed by atoms with E-state index in [9.17, 15) is 18.7 Å². The number of ether oxygens (including phenoxy) is 2. The third-order valence-electron chi connectivity index (χ3n) is 9.33. The SMILES string of the molecule is C#Cc1c(F)ccc2cc(O)cc(-c3ncc4c(-c5ccc6n5CC(=O)OC6)nc(OC[C@@]56CCCN5C[C@H](F)C6)nc4c3F)c12. The van der Waals surface area contributed by atoms with Crippen LogP contribution in [0.4, 0.5) is 13.2 Å². The van der Waals surface area contributed by atoms with Gasteiger partial charge in [-0.3, -0.25) is 14.7 Å². The van der Waals surface area contributed by atoms with Crippen LogP contribution in [0.5, 0.6) is 11.8 Å². The number of aromatic hydroxyl groups is 1. The second-order valence-corrected chi connectivity index (χ2v) is 12.0. The number of carbonyl (C=O) groups excluding carboxylic acids is 1. The van der Waals surface area contributed by atoms with Gasteiger partial charge in [0.05, 0.1) is 22.5 Å². The van der Waals surface area contributed by atoms with Gasteiger partial charge in [0.1, 0.15) is 54.4 Å². The zero-order valence-corrected chi connectivity index (χ0v) is 24.4. The Labute approximate surface area is 260 Å². The molecule has 0 aliphatic carbocycles. The Morgan fingerprint density at radius 2 is 2.04 bits per heavy atom. The van der Waals surface area contributed by atoms with Crippen LogP contribution in [0.3, 0.4) is 0 Å². The number of rotatable bonds is 5. The van der Waals surface area contributed by atoms with Gasteiger partial charge in [-0.2, -0.15) is 9.97 Å². The number of fused-ring (bicyclic) bond motifs is 4. The number of phenols is 1. The van der Waals surface area contributed by atoms with E-state index in [-0.39, 0.29) is 70.3 Å². The molecule has 0 bridgehead atoms. The largest absolute Gasteiger partial charge is 0.508 e. The number of benzene rings is 2. The number of terminal acetylenes is 1. The molecule has 1 N–H and O–H groups in total. The number of carbonyl (C=O) groups is 1. The molecular weight excluding hydrogens is 599 g/mol. The predicted molar refractivity (Wildman–Crippen MR) is 162 cm³/mol. The second-order valence-electron chi connectivity index (χ2n) is 12.0. The molecule has 2 atom stereocenters. The van der Waals surface area contributed by atoms with Crippen molar-refractivity contribution in [3.05, 3.63) is 65.5 Å². The van der Waals surface area contributed by atoms with Crippen molar-refractivity contribution in [3.63, 3.8) is 0 Å². The molecule has 46 heavy (non-hydrogen) atoms. The first-order valence-electron chi connectivity index (χ1n) is 14.9. The molecule has 0 unspecified atom stereocenters. The molecule has 232 valence electrons. The molecule has 2 fully saturated rings. The topological polar surface area (TPSA) is 103 Å². The highest BCUT2D eigenvalue weighted by atomic mass is 19.1. The third-order valence-corrected chi connectivity index (χ3v) is 9.33. The lowest BCUT2D eigenvalue weighted by atomic mass is 9.95. The maximum atomic E-state index is 16.8. The maximum Gasteiger partial charge on any atom is 0.326 e. The van der Waals surface area contributed by atoms with Gasteiger partial charge in [0.25, 0.3) is 0 Å². The van der Waals surface area contributed by atoms with Crippen LogP contribution in [-0.2, 0) is 22.7 Å². The minimum Gasteiger partial charge on any atom is -0.508 e. The van der Waals surface area contributed by atoms with E-state index >= 15 is 4.39 Å².